The second kappa shape index (κ2) is 8.36. The van der Waals surface area contributed by atoms with Gasteiger partial charge in [0.05, 0.1) is 23.4 Å². The minimum absolute atomic E-state index is 0.124. The van der Waals surface area contributed by atoms with Gasteiger partial charge in [0.2, 0.25) is 5.91 Å². The standard InChI is InChI=1S/C18H19N3O4S2/c1-13-4-7-16(8-5-13)27(23,24)21-18-20-14(12-26-18)6-9-17(22)19-11-15-3-2-10-25-15/h2-5,7-8,10,12H,6,9,11H2,1H3,(H,19,22)(H,20,21). The van der Waals surface area contributed by atoms with Gasteiger partial charge in [0.25, 0.3) is 10.0 Å². The Balaban J connectivity index is 1.52. The quantitative estimate of drug-likeness (QED) is 0.600. The van der Waals surface area contributed by atoms with E-state index in [9.17, 15) is 13.2 Å². The molecule has 27 heavy (non-hydrogen) atoms. The zero-order valence-corrected chi connectivity index (χ0v) is 16.3. The lowest BCUT2D eigenvalue weighted by atomic mass is 10.2. The molecule has 0 aliphatic heterocycles. The maximum absolute atomic E-state index is 12.4. The van der Waals surface area contributed by atoms with Crippen molar-refractivity contribution in [3.8, 4) is 0 Å². The average molecular weight is 406 g/mol. The van der Waals surface area contributed by atoms with E-state index < -0.39 is 10.0 Å². The number of furan rings is 1. The van der Waals surface area contributed by atoms with Gasteiger partial charge in [0.1, 0.15) is 5.76 Å². The molecule has 0 saturated carbocycles. The van der Waals surface area contributed by atoms with Crippen LogP contribution in [0.25, 0.3) is 0 Å². The van der Waals surface area contributed by atoms with Crippen LogP contribution in [0.1, 0.15) is 23.4 Å². The number of rotatable bonds is 8. The van der Waals surface area contributed by atoms with Crippen molar-refractivity contribution in [1.29, 1.82) is 0 Å². The normalized spacial score (nSPS) is 11.3. The lowest BCUT2D eigenvalue weighted by Gasteiger charge is -2.05. The highest BCUT2D eigenvalue weighted by atomic mass is 32.2. The van der Waals surface area contributed by atoms with Gasteiger partial charge in [-0.3, -0.25) is 9.52 Å². The molecule has 0 saturated heterocycles. The van der Waals surface area contributed by atoms with E-state index in [2.05, 4.69) is 15.0 Å². The minimum atomic E-state index is -3.67. The summed E-state index contributed by atoms with van der Waals surface area (Å²) in [5.74, 6) is 0.561. The topological polar surface area (TPSA) is 101 Å². The van der Waals surface area contributed by atoms with Crippen molar-refractivity contribution in [2.45, 2.75) is 31.2 Å². The Hall–Kier alpha value is -2.65. The minimum Gasteiger partial charge on any atom is -0.467 e. The Morgan fingerprint density at radius 2 is 2.00 bits per heavy atom. The molecule has 0 radical (unpaired) electrons. The number of nitrogens with zero attached hydrogens (tertiary/aromatic N) is 1. The summed E-state index contributed by atoms with van der Waals surface area (Å²) in [6.07, 6.45) is 2.23. The van der Waals surface area contributed by atoms with Gasteiger partial charge in [-0.2, -0.15) is 0 Å². The van der Waals surface area contributed by atoms with E-state index >= 15 is 0 Å². The highest BCUT2D eigenvalue weighted by molar-refractivity contribution is 7.93. The molecule has 1 aromatic carbocycles. The second-order valence-electron chi connectivity index (χ2n) is 5.92. The Labute approximate surface area is 161 Å². The van der Waals surface area contributed by atoms with Crippen LogP contribution in [0.5, 0.6) is 0 Å². The molecule has 3 rings (SSSR count). The van der Waals surface area contributed by atoms with Crippen LogP contribution in [-0.4, -0.2) is 19.3 Å². The first-order valence-corrected chi connectivity index (χ1v) is 10.6. The van der Waals surface area contributed by atoms with E-state index in [0.29, 0.717) is 24.4 Å². The van der Waals surface area contributed by atoms with E-state index in [4.69, 9.17) is 4.42 Å². The van der Waals surface area contributed by atoms with Gasteiger partial charge in [-0.25, -0.2) is 13.4 Å². The second-order valence-corrected chi connectivity index (χ2v) is 8.46. The SMILES string of the molecule is Cc1ccc(S(=O)(=O)Nc2nc(CCC(=O)NCc3ccco3)cs2)cc1. The summed E-state index contributed by atoms with van der Waals surface area (Å²) >= 11 is 1.19. The number of aromatic nitrogens is 1. The summed E-state index contributed by atoms with van der Waals surface area (Å²) in [6.45, 7) is 2.23. The van der Waals surface area contributed by atoms with Gasteiger partial charge < -0.3 is 9.73 Å². The fourth-order valence-corrected chi connectivity index (χ4v) is 4.29. The molecule has 2 N–H and O–H groups in total. The van der Waals surface area contributed by atoms with Gasteiger partial charge in [-0.1, -0.05) is 17.7 Å². The fraction of sp³-hybridized carbons (Fsp3) is 0.222. The zero-order chi connectivity index (χ0) is 19.3. The van der Waals surface area contributed by atoms with Crippen LogP contribution in [0.3, 0.4) is 0 Å². The Kier molecular flexibility index (Phi) is 5.92. The van der Waals surface area contributed by atoms with Crippen LogP contribution in [0.4, 0.5) is 5.13 Å². The molecule has 0 unspecified atom stereocenters. The number of amides is 1. The van der Waals surface area contributed by atoms with Gasteiger partial charge >= 0.3 is 0 Å². The van der Waals surface area contributed by atoms with Crippen molar-refractivity contribution in [2.75, 3.05) is 4.72 Å². The largest absolute Gasteiger partial charge is 0.467 e. The molecule has 0 aliphatic rings. The fourth-order valence-electron chi connectivity index (χ4n) is 2.29. The van der Waals surface area contributed by atoms with Crippen molar-refractivity contribution < 1.29 is 17.6 Å². The van der Waals surface area contributed by atoms with Crippen molar-refractivity contribution in [3.05, 3.63) is 65.1 Å². The lowest BCUT2D eigenvalue weighted by Crippen LogP contribution is -2.22. The monoisotopic (exact) mass is 405 g/mol. The van der Waals surface area contributed by atoms with E-state index in [1.165, 1.54) is 11.3 Å². The number of benzene rings is 1. The first-order valence-electron chi connectivity index (χ1n) is 8.25. The number of aryl methyl sites for hydroxylation is 2. The molecule has 0 bridgehead atoms. The molecule has 0 spiro atoms. The molecule has 3 aromatic rings. The van der Waals surface area contributed by atoms with Crippen molar-refractivity contribution in [3.63, 3.8) is 0 Å². The molecule has 0 atom stereocenters. The predicted molar refractivity (Wildman–Crippen MR) is 103 cm³/mol. The number of carbonyl (C=O) groups excluding carboxylic acids is 1. The van der Waals surface area contributed by atoms with Crippen LogP contribution < -0.4 is 10.0 Å². The molecule has 7 nitrogen and oxygen atoms in total. The summed E-state index contributed by atoms with van der Waals surface area (Å²) in [5.41, 5.74) is 1.64. The van der Waals surface area contributed by atoms with Crippen molar-refractivity contribution in [1.82, 2.24) is 10.3 Å². The smallest absolute Gasteiger partial charge is 0.263 e. The maximum atomic E-state index is 12.4. The van der Waals surface area contributed by atoms with Crippen LogP contribution >= 0.6 is 11.3 Å². The third-order valence-corrected chi connectivity index (χ3v) is 6.04. The van der Waals surface area contributed by atoms with Crippen molar-refractivity contribution in [2.24, 2.45) is 0 Å². The molecule has 142 valence electrons. The summed E-state index contributed by atoms with van der Waals surface area (Å²) in [7, 11) is -3.67. The van der Waals surface area contributed by atoms with Crippen molar-refractivity contribution >= 4 is 32.4 Å². The van der Waals surface area contributed by atoms with E-state index in [-0.39, 0.29) is 22.4 Å². The number of carbonyl (C=O) groups is 1. The Bertz CT molecular complexity index is 994. The Morgan fingerprint density at radius 1 is 1.22 bits per heavy atom. The predicted octanol–water partition coefficient (Wildman–Crippen LogP) is 3.09. The van der Waals surface area contributed by atoms with E-state index in [1.54, 1.807) is 48.0 Å². The molecular formula is C18H19N3O4S2. The Morgan fingerprint density at radius 3 is 2.70 bits per heavy atom. The lowest BCUT2D eigenvalue weighted by molar-refractivity contribution is -0.121. The summed E-state index contributed by atoms with van der Waals surface area (Å²) in [5, 5.41) is 4.78. The molecule has 2 aromatic heterocycles. The molecule has 0 aliphatic carbocycles. The molecular weight excluding hydrogens is 386 g/mol. The summed E-state index contributed by atoms with van der Waals surface area (Å²) in [6, 6.07) is 10.1. The number of thiazole rings is 1. The first-order chi connectivity index (χ1) is 12.9. The first kappa shape index (κ1) is 19.1. The average Bonchev–Trinajstić information content (AvgIpc) is 3.30. The summed E-state index contributed by atoms with van der Waals surface area (Å²) in [4.78, 5) is 16.3. The van der Waals surface area contributed by atoms with Crippen LogP contribution in [0, 0.1) is 6.92 Å². The number of anilines is 1. The highest BCUT2D eigenvalue weighted by Gasteiger charge is 2.16. The van der Waals surface area contributed by atoms with E-state index in [0.717, 1.165) is 5.56 Å². The van der Waals surface area contributed by atoms with E-state index in [1.807, 2.05) is 6.92 Å². The van der Waals surface area contributed by atoms with Gasteiger partial charge in [0.15, 0.2) is 5.13 Å². The number of sulfonamides is 1. The maximum Gasteiger partial charge on any atom is 0.263 e. The van der Waals surface area contributed by atoms with Crippen LogP contribution in [0.15, 0.2) is 57.4 Å². The third-order valence-electron chi connectivity index (χ3n) is 3.75. The van der Waals surface area contributed by atoms with Crippen LogP contribution in [0.2, 0.25) is 0 Å². The molecule has 9 heteroatoms. The number of hydrogen-bond donors (Lipinski definition) is 2. The number of hydrogen-bond acceptors (Lipinski definition) is 6. The van der Waals surface area contributed by atoms with Gasteiger partial charge in [0, 0.05) is 11.8 Å². The van der Waals surface area contributed by atoms with Crippen LogP contribution in [-0.2, 0) is 27.8 Å². The zero-order valence-electron chi connectivity index (χ0n) is 14.6. The highest BCUT2D eigenvalue weighted by Crippen LogP contribution is 2.21. The number of nitrogens with one attached hydrogen (secondary N) is 2. The summed E-state index contributed by atoms with van der Waals surface area (Å²) < 4.78 is 32.4. The van der Waals surface area contributed by atoms with Gasteiger partial charge in [-0.15, -0.1) is 11.3 Å². The molecule has 0 fully saturated rings. The molecule has 2 heterocycles. The van der Waals surface area contributed by atoms with Gasteiger partial charge in [-0.05, 0) is 37.6 Å². The third kappa shape index (κ3) is 5.41. The molecule has 1 amide bonds.